The normalized spacial score (nSPS) is 17.1. The van der Waals surface area contributed by atoms with E-state index in [1.54, 1.807) is 6.07 Å². The first-order valence-electron chi connectivity index (χ1n) is 6.55. The van der Waals surface area contributed by atoms with Gasteiger partial charge in [0.1, 0.15) is 11.6 Å². The molecule has 1 unspecified atom stereocenters. The first kappa shape index (κ1) is 13.5. The van der Waals surface area contributed by atoms with Gasteiger partial charge in [0, 0.05) is 16.3 Å². The van der Waals surface area contributed by atoms with Gasteiger partial charge in [-0.15, -0.1) is 5.10 Å². The van der Waals surface area contributed by atoms with Crippen LogP contribution in [0, 0.1) is 11.3 Å². The van der Waals surface area contributed by atoms with Crippen molar-refractivity contribution in [1.29, 1.82) is 5.26 Å². The van der Waals surface area contributed by atoms with Gasteiger partial charge < -0.3 is 10.5 Å². The van der Waals surface area contributed by atoms with Crippen LogP contribution in [-0.2, 0) is 6.42 Å². The summed E-state index contributed by atoms with van der Waals surface area (Å²) < 4.78 is 5.46. The average molecular weight is 301 g/mol. The van der Waals surface area contributed by atoms with E-state index in [0.29, 0.717) is 16.5 Å². The van der Waals surface area contributed by atoms with Crippen molar-refractivity contribution in [1.82, 2.24) is 10.2 Å². The van der Waals surface area contributed by atoms with Crippen molar-refractivity contribution in [2.45, 2.75) is 19.3 Å². The molecule has 0 saturated heterocycles. The molecule has 2 aromatic rings. The molecule has 1 atom stereocenters. The van der Waals surface area contributed by atoms with Crippen molar-refractivity contribution in [2.75, 3.05) is 0 Å². The molecule has 21 heavy (non-hydrogen) atoms. The quantitative estimate of drug-likeness (QED) is 0.892. The zero-order valence-electron chi connectivity index (χ0n) is 11.4. The van der Waals surface area contributed by atoms with Crippen molar-refractivity contribution in [3.05, 3.63) is 57.6 Å². The third kappa shape index (κ3) is 2.14. The number of nitriles is 1. The standard InChI is InChI=1S/C15H13ClN4O/c1-2-11-13-12(8-4-3-5-9(16)6-8)10(7-17)14(18)21-15(13)20-19-11/h3-6,12H,2,18H2,1H3,(H,19,20). The predicted molar refractivity (Wildman–Crippen MR) is 78.7 cm³/mol. The van der Waals surface area contributed by atoms with Crippen molar-refractivity contribution >= 4 is 11.6 Å². The summed E-state index contributed by atoms with van der Waals surface area (Å²) in [5, 5.41) is 17.2. The zero-order valence-corrected chi connectivity index (χ0v) is 12.1. The molecule has 2 heterocycles. The molecule has 106 valence electrons. The lowest BCUT2D eigenvalue weighted by molar-refractivity contribution is 0.378. The van der Waals surface area contributed by atoms with Crippen LogP contribution in [0.2, 0.25) is 5.02 Å². The predicted octanol–water partition coefficient (Wildman–Crippen LogP) is 2.84. The molecular formula is C15H13ClN4O. The van der Waals surface area contributed by atoms with E-state index in [2.05, 4.69) is 16.3 Å². The number of aromatic nitrogens is 2. The van der Waals surface area contributed by atoms with Gasteiger partial charge in [0.05, 0.1) is 5.92 Å². The Hall–Kier alpha value is -2.45. The molecule has 0 spiro atoms. The van der Waals surface area contributed by atoms with E-state index < -0.39 is 0 Å². The third-order valence-electron chi connectivity index (χ3n) is 3.55. The van der Waals surface area contributed by atoms with Crippen molar-refractivity contribution < 1.29 is 4.74 Å². The fourth-order valence-corrected chi connectivity index (χ4v) is 2.80. The number of hydrogen-bond acceptors (Lipinski definition) is 4. The number of H-pyrrole nitrogens is 1. The van der Waals surface area contributed by atoms with Crippen LogP contribution in [0.25, 0.3) is 0 Å². The molecule has 0 bridgehead atoms. The highest BCUT2D eigenvalue weighted by Crippen LogP contribution is 2.43. The van der Waals surface area contributed by atoms with Gasteiger partial charge in [-0.1, -0.05) is 30.7 Å². The number of nitrogens with two attached hydrogens (primary N) is 1. The van der Waals surface area contributed by atoms with E-state index in [1.807, 2.05) is 25.1 Å². The summed E-state index contributed by atoms with van der Waals surface area (Å²) in [6.45, 7) is 2.01. The molecule has 0 amide bonds. The molecule has 0 saturated carbocycles. The molecule has 1 aromatic heterocycles. The summed E-state index contributed by atoms with van der Waals surface area (Å²) >= 11 is 6.08. The third-order valence-corrected chi connectivity index (χ3v) is 3.79. The summed E-state index contributed by atoms with van der Waals surface area (Å²) in [4.78, 5) is 0. The first-order chi connectivity index (χ1) is 10.2. The first-order valence-corrected chi connectivity index (χ1v) is 6.93. The Balaban J connectivity index is 2.25. The Morgan fingerprint density at radius 3 is 3.00 bits per heavy atom. The molecule has 1 aliphatic rings. The van der Waals surface area contributed by atoms with Crippen LogP contribution in [0.15, 0.2) is 35.7 Å². The number of allylic oxidation sites excluding steroid dienone is 1. The lowest BCUT2D eigenvalue weighted by atomic mass is 9.84. The summed E-state index contributed by atoms with van der Waals surface area (Å²) in [6.07, 6.45) is 0.751. The minimum atomic E-state index is -0.314. The summed E-state index contributed by atoms with van der Waals surface area (Å²) in [7, 11) is 0. The Morgan fingerprint density at radius 2 is 2.33 bits per heavy atom. The van der Waals surface area contributed by atoms with Gasteiger partial charge in [0.15, 0.2) is 0 Å². The van der Waals surface area contributed by atoms with Gasteiger partial charge in [-0.25, -0.2) is 0 Å². The highest BCUT2D eigenvalue weighted by Gasteiger charge is 2.34. The highest BCUT2D eigenvalue weighted by atomic mass is 35.5. The van der Waals surface area contributed by atoms with Gasteiger partial charge in [-0.2, -0.15) is 5.26 Å². The number of benzene rings is 1. The minimum absolute atomic E-state index is 0.0872. The number of fused-ring (bicyclic) bond motifs is 1. The number of aromatic amines is 1. The second-order valence-electron chi connectivity index (χ2n) is 4.75. The lowest BCUT2D eigenvalue weighted by Crippen LogP contribution is -2.21. The van der Waals surface area contributed by atoms with Crippen LogP contribution >= 0.6 is 11.6 Å². The van der Waals surface area contributed by atoms with Crippen LogP contribution in [-0.4, -0.2) is 10.2 Å². The van der Waals surface area contributed by atoms with Crippen molar-refractivity contribution in [2.24, 2.45) is 5.73 Å². The van der Waals surface area contributed by atoms with Crippen LogP contribution in [0.5, 0.6) is 5.88 Å². The Bertz CT molecular complexity index is 772. The van der Waals surface area contributed by atoms with Crippen molar-refractivity contribution in [3.8, 4) is 11.9 Å². The smallest absolute Gasteiger partial charge is 0.244 e. The van der Waals surface area contributed by atoms with Gasteiger partial charge in [0.25, 0.3) is 0 Å². The molecule has 0 radical (unpaired) electrons. The lowest BCUT2D eigenvalue weighted by Gasteiger charge is -2.24. The number of aryl methyl sites for hydroxylation is 1. The van der Waals surface area contributed by atoms with Crippen LogP contribution in [0.3, 0.4) is 0 Å². The number of hydrogen-bond donors (Lipinski definition) is 2. The van der Waals surface area contributed by atoms with Gasteiger partial charge in [0.2, 0.25) is 11.8 Å². The topological polar surface area (TPSA) is 87.7 Å². The summed E-state index contributed by atoms with van der Waals surface area (Å²) in [5.74, 6) is 0.198. The molecule has 0 aliphatic carbocycles. The van der Waals surface area contributed by atoms with E-state index in [9.17, 15) is 5.26 Å². The van der Waals surface area contributed by atoms with E-state index in [0.717, 1.165) is 23.2 Å². The monoisotopic (exact) mass is 300 g/mol. The van der Waals surface area contributed by atoms with Crippen LogP contribution in [0.4, 0.5) is 0 Å². The molecule has 1 aromatic carbocycles. The molecular weight excluding hydrogens is 288 g/mol. The Labute approximate surface area is 127 Å². The maximum atomic E-state index is 9.46. The van der Waals surface area contributed by atoms with Crippen LogP contribution < -0.4 is 10.5 Å². The second kappa shape index (κ2) is 5.15. The van der Waals surface area contributed by atoms with Crippen molar-refractivity contribution in [3.63, 3.8) is 0 Å². The number of rotatable bonds is 2. The largest absolute Gasteiger partial charge is 0.420 e. The second-order valence-corrected chi connectivity index (χ2v) is 5.19. The highest BCUT2D eigenvalue weighted by molar-refractivity contribution is 6.30. The minimum Gasteiger partial charge on any atom is -0.420 e. The van der Waals surface area contributed by atoms with Crippen LogP contribution in [0.1, 0.15) is 29.7 Å². The van der Waals surface area contributed by atoms with E-state index in [4.69, 9.17) is 22.1 Å². The van der Waals surface area contributed by atoms with Gasteiger partial charge >= 0.3 is 0 Å². The molecule has 0 fully saturated rings. The molecule has 3 rings (SSSR count). The number of nitrogens with zero attached hydrogens (tertiary/aromatic N) is 2. The average Bonchev–Trinajstić information content (AvgIpc) is 2.88. The maximum Gasteiger partial charge on any atom is 0.244 e. The zero-order chi connectivity index (χ0) is 15.0. The summed E-state index contributed by atoms with van der Waals surface area (Å²) in [6, 6.07) is 9.54. The summed E-state index contributed by atoms with van der Waals surface area (Å²) in [5.41, 5.74) is 8.91. The number of nitrogens with one attached hydrogen (secondary N) is 1. The fraction of sp³-hybridized carbons (Fsp3) is 0.200. The Kier molecular flexibility index (Phi) is 3.32. The van der Waals surface area contributed by atoms with Gasteiger partial charge in [-0.3, -0.25) is 5.10 Å². The Morgan fingerprint density at radius 1 is 1.52 bits per heavy atom. The molecule has 5 nitrogen and oxygen atoms in total. The van der Waals surface area contributed by atoms with E-state index in [-0.39, 0.29) is 11.8 Å². The van der Waals surface area contributed by atoms with E-state index >= 15 is 0 Å². The number of ether oxygens (including phenoxy) is 1. The molecule has 1 aliphatic heterocycles. The molecule has 3 N–H and O–H groups in total. The SMILES string of the molecule is CCc1[nH]nc2c1C(c1cccc(Cl)c1)C(C#N)=C(N)O2. The fourth-order valence-electron chi connectivity index (χ4n) is 2.60. The number of halogens is 1. The van der Waals surface area contributed by atoms with E-state index in [1.165, 1.54) is 0 Å². The maximum absolute atomic E-state index is 9.46. The van der Waals surface area contributed by atoms with Gasteiger partial charge in [-0.05, 0) is 24.1 Å². The molecule has 6 heteroatoms.